The Hall–Kier alpha value is -3.79. The van der Waals surface area contributed by atoms with Crippen LogP contribution in [0, 0.1) is 18.3 Å². The first kappa shape index (κ1) is 19.0. The largest absolute Gasteiger partial charge is 0.493 e. The summed E-state index contributed by atoms with van der Waals surface area (Å²) in [5.41, 5.74) is 2.76. The third-order valence-electron chi connectivity index (χ3n) is 4.12. The van der Waals surface area contributed by atoms with Crippen molar-refractivity contribution < 1.29 is 18.7 Å². The second-order valence-electron chi connectivity index (χ2n) is 5.88. The van der Waals surface area contributed by atoms with Crippen molar-refractivity contribution in [1.29, 1.82) is 5.26 Å². The van der Waals surface area contributed by atoms with Gasteiger partial charge in [0.05, 0.1) is 21.3 Å². The zero-order valence-electron chi connectivity index (χ0n) is 16.0. The third-order valence-corrected chi connectivity index (χ3v) is 4.12. The number of aromatic nitrogens is 2. The fourth-order valence-corrected chi connectivity index (χ4v) is 2.69. The van der Waals surface area contributed by atoms with Gasteiger partial charge in [0, 0.05) is 11.1 Å². The highest BCUT2D eigenvalue weighted by molar-refractivity contribution is 5.89. The van der Waals surface area contributed by atoms with E-state index in [1.807, 2.05) is 31.2 Å². The minimum atomic E-state index is 0.120. The van der Waals surface area contributed by atoms with E-state index in [0.29, 0.717) is 28.6 Å². The summed E-state index contributed by atoms with van der Waals surface area (Å²) in [5.74, 6) is 1.93. The molecule has 0 amide bonds. The highest BCUT2D eigenvalue weighted by Gasteiger charge is 2.18. The Balaban J connectivity index is 2.02. The van der Waals surface area contributed by atoms with Gasteiger partial charge in [0.25, 0.3) is 5.89 Å². The van der Waals surface area contributed by atoms with E-state index in [-0.39, 0.29) is 11.5 Å². The minimum absolute atomic E-state index is 0.120. The van der Waals surface area contributed by atoms with Crippen LogP contribution in [-0.2, 0) is 0 Å². The molecule has 3 aromatic rings. The molecule has 7 nitrogen and oxygen atoms in total. The third kappa shape index (κ3) is 3.67. The number of benzene rings is 2. The number of allylic oxidation sites excluding steroid dienone is 1. The Morgan fingerprint density at radius 1 is 1.00 bits per heavy atom. The summed E-state index contributed by atoms with van der Waals surface area (Å²) in [5, 5.41) is 13.6. The molecule has 7 heteroatoms. The SMILES string of the molecule is COc1ccc(/C=C(\C#N)c2nc(-c3ccc(C)cc3)no2)c(OC)c1OC. The maximum absolute atomic E-state index is 9.61. The van der Waals surface area contributed by atoms with Crippen molar-refractivity contribution in [2.75, 3.05) is 21.3 Å². The quantitative estimate of drug-likeness (QED) is 0.596. The monoisotopic (exact) mass is 377 g/mol. The lowest BCUT2D eigenvalue weighted by Gasteiger charge is -2.14. The van der Waals surface area contributed by atoms with Crippen LogP contribution in [0.4, 0.5) is 0 Å². The van der Waals surface area contributed by atoms with E-state index in [2.05, 4.69) is 16.2 Å². The van der Waals surface area contributed by atoms with Gasteiger partial charge >= 0.3 is 0 Å². The van der Waals surface area contributed by atoms with E-state index in [0.717, 1.165) is 11.1 Å². The first-order chi connectivity index (χ1) is 13.6. The second-order valence-corrected chi connectivity index (χ2v) is 5.88. The molecule has 0 bridgehead atoms. The Bertz CT molecular complexity index is 1050. The molecule has 28 heavy (non-hydrogen) atoms. The predicted molar refractivity (Wildman–Crippen MR) is 104 cm³/mol. The Morgan fingerprint density at radius 2 is 1.71 bits per heavy atom. The molecule has 0 radical (unpaired) electrons. The molecule has 3 rings (SSSR count). The molecule has 0 N–H and O–H groups in total. The summed E-state index contributed by atoms with van der Waals surface area (Å²) in [6, 6.07) is 13.3. The van der Waals surface area contributed by atoms with Crippen molar-refractivity contribution in [1.82, 2.24) is 10.1 Å². The van der Waals surface area contributed by atoms with Gasteiger partial charge in [0.15, 0.2) is 11.5 Å². The molecule has 0 fully saturated rings. The summed E-state index contributed by atoms with van der Waals surface area (Å²) in [7, 11) is 4.58. The van der Waals surface area contributed by atoms with Gasteiger partial charge in [-0.2, -0.15) is 10.2 Å². The van der Waals surface area contributed by atoms with Crippen LogP contribution >= 0.6 is 0 Å². The van der Waals surface area contributed by atoms with Crippen LogP contribution in [0.3, 0.4) is 0 Å². The zero-order chi connectivity index (χ0) is 20.1. The molecule has 1 heterocycles. The average molecular weight is 377 g/mol. The van der Waals surface area contributed by atoms with Crippen molar-refractivity contribution in [3.8, 4) is 34.7 Å². The van der Waals surface area contributed by atoms with Crippen LogP contribution in [0.5, 0.6) is 17.2 Å². The number of rotatable bonds is 6. The van der Waals surface area contributed by atoms with Crippen LogP contribution in [0.25, 0.3) is 23.0 Å². The summed E-state index contributed by atoms with van der Waals surface area (Å²) in [6.07, 6.45) is 1.60. The molecule has 0 spiro atoms. The molecule has 0 aliphatic rings. The van der Waals surface area contributed by atoms with Crippen LogP contribution < -0.4 is 14.2 Å². The lowest BCUT2D eigenvalue weighted by Crippen LogP contribution is -1.97. The first-order valence-electron chi connectivity index (χ1n) is 8.43. The van der Waals surface area contributed by atoms with Gasteiger partial charge in [-0.05, 0) is 25.1 Å². The number of nitriles is 1. The van der Waals surface area contributed by atoms with Crippen molar-refractivity contribution in [3.63, 3.8) is 0 Å². The van der Waals surface area contributed by atoms with E-state index in [1.165, 1.54) is 14.2 Å². The van der Waals surface area contributed by atoms with Gasteiger partial charge < -0.3 is 18.7 Å². The lowest BCUT2D eigenvalue weighted by molar-refractivity contribution is 0.324. The Kier molecular flexibility index (Phi) is 5.61. The Morgan fingerprint density at radius 3 is 2.32 bits per heavy atom. The maximum Gasteiger partial charge on any atom is 0.268 e. The van der Waals surface area contributed by atoms with Crippen LogP contribution in [-0.4, -0.2) is 31.5 Å². The number of methoxy groups -OCH3 is 3. The fraction of sp³-hybridized carbons (Fsp3) is 0.190. The number of nitrogens with zero attached hydrogens (tertiary/aromatic N) is 3. The van der Waals surface area contributed by atoms with E-state index in [4.69, 9.17) is 18.7 Å². The fourth-order valence-electron chi connectivity index (χ4n) is 2.69. The van der Waals surface area contributed by atoms with Gasteiger partial charge in [-0.25, -0.2) is 0 Å². The Labute approximate surface area is 162 Å². The summed E-state index contributed by atoms with van der Waals surface area (Å²) >= 11 is 0. The van der Waals surface area contributed by atoms with Crippen LogP contribution in [0.15, 0.2) is 40.9 Å². The van der Waals surface area contributed by atoms with Gasteiger partial charge in [-0.15, -0.1) is 0 Å². The van der Waals surface area contributed by atoms with E-state index < -0.39 is 0 Å². The highest BCUT2D eigenvalue weighted by atomic mass is 16.5. The van der Waals surface area contributed by atoms with Gasteiger partial charge in [0.2, 0.25) is 11.6 Å². The standard InChI is InChI=1S/C21H19N3O4/c1-13-5-7-14(8-6-13)20-23-21(28-24-20)16(12-22)11-15-9-10-17(25-2)19(27-4)18(15)26-3/h5-11H,1-4H3/b16-11+. The number of aryl methyl sites for hydroxylation is 1. The van der Waals surface area contributed by atoms with Crippen molar-refractivity contribution in [2.45, 2.75) is 6.92 Å². The topological polar surface area (TPSA) is 90.4 Å². The lowest BCUT2D eigenvalue weighted by atomic mass is 10.1. The normalized spacial score (nSPS) is 11.0. The smallest absolute Gasteiger partial charge is 0.268 e. The number of ether oxygens (including phenoxy) is 3. The summed E-state index contributed by atoms with van der Waals surface area (Å²) in [6.45, 7) is 2.00. The molecule has 0 aliphatic carbocycles. The van der Waals surface area contributed by atoms with E-state index in [9.17, 15) is 5.26 Å². The zero-order valence-corrected chi connectivity index (χ0v) is 16.0. The molecule has 1 aromatic heterocycles. The summed E-state index contributed by atoms with van der Waals surface area (Å²) in [4.78, 5) is 4.34. The van der Waals surface area contributed by atoms with Crippen molar-refractivity contribution >= 4 is 11.6 Å². The summed E-state index contributed by atoms with van der Waals surface area (Å²) < 4.78 is 21.4. The second kappa shape index (κ2) is 8.27. The average Bonchev–Trinajstić information content (AvgIpc) is 3.21. The van der Waals surface area contributed by atoms with Crippen LogP contribution in [0.2, 0.25) is 0 Å². The van der Waals surface area contributed by atoms with Crippen LogP contribution in [0.1, 0.15) is 17.0 Å². The molecule has 0 unspecified atom stereocenters. The molecular weight excluding hydrogens is 358 g/mol. The number of hydrogen-bond acceptors (Lipinski definition) is 7. The molecule has 2 aromatic carbocycles. The van der Waals surface area contributed by atoms with E-state index >= 15 is 0 Å². The first-order valence-corrected chi connectivity index (χ1v) is 8.43. The van der Waals surface area contributed by atoms with Gasteiger partial charge in [-0.1, -0.05) is 35.0 Å². The molecule has 0 saturated carbocycles. The number of hydrogen-bond donors (Lipinski definition) is 0. The van der Waals surface area contributed by atoms with E-state index in [1.54, 1.807) is 25.3 Å². The molecule has 0 saturated heterocycles. The highest BCUT2D eigenvalue weighted by Crippen LogP contribution is 2.41. The van der Waals surface area contributed by atoms with Gasteiger partial charge in [0.1, 0.15) is 11.6 Å². The van der Waals surface area contributed by atoms with Gasteiger partial charge in [-0.3, -0.25) is 0 Å². The molecular formula is C21H19N3O4. The van der Waals surface area contributed by atoms with Crippen molar-refractivity contribution in [2.24, 2.45) is 0 Å². The predicted octanol–water partition coefficient (Wildman–Crippen LogP) is 4.14. The minimum Gasteiger partial charge on any atom is -0.493 e. The molecule has 142 valence electrons. The molecule has 0 atom stereocenters. The van der Waals surface area contributed by atoms with Crippen molar-refractivity contribution in [3.05, 3.63) is 53.4 Å². The maximum atomic E-state index is 9.61. The molecule has 0 aliphatic heterocycles.